The van der Waals surface area contributed by atoms with Gasteiger partial charge in [0.2, 0.25) is 41.4 Å². The Morgan fingerprint density at radius 3 is 2.00 bits per heavy atom. The smallest absolute Gasteiger partial charge is 0.530 e. The van der Waals surface area contributed by atoms with E-state index in [-0.39, 0.29) is 48.1 Å². The molecular weight excluding hydrogens is 903 g/mol. The number of aliphatic hydroxyl groups excluding tert-OH is 8. The van der Waals surface area contributed by atoms with Gasteiger partial charge in [-0.25, -0.2) is 0 Å². The number of nitrogens with one attached hydrogen (secondary N) is 3. The van der Waals surface area contributed by atoms with Crippen molar-refractivity contribution in [2.45, 2.75) is 119 Å². The van der Waals surface area contributed by atoms with Crippen LogP contribution in [0.25, 0.3) is 0 Å². The Hall–Kier alpha value is -4.30. The van der Waals surface area contributed by atoms with Crippen LogP contribution in [0.3, 0.4) is 0 Å². The average molecular weight is 959 g/mol. The molecule has 0 aromatic heterocycles. The molecule has 7 amide bonds. The molecule has 2 fully saturated rings. The molecule has 0 radical (unpaired) electrons. The standard InChI is InChI=1S/C36H55N8O19S.Na/c1-12-10-44(36(60)25(20(48)9-23(38)50)41-31(55)13(2)28(52)29(53)15-4-5-19(47)22(6-15)63-64(61)62)26(27(12)51)34(58)42-33(57)21(49)8-17(37)32(56)40-24(14(3)45)35(59)43-11-16(46)7-18(43)30(39)54;/h4-6,12-14,16-18,20-21,24-29,33,45-49,51-53,57H,7-11,37H2,1-3H3,(H2,38,50)(H2,39,54)(H,40,56)(H,41,55)(H,42,58);/q-1;+1. The van der Waals surface area contributed by atoms with Crippen LogP contribution in [0, 0.1) is 11.8 Å². The molecule has 2 aliphatic rings. The molecule has 0 aliphatic carbocycles. The Bertz CT molecular complexity index is 1980. The predicted octanol–water partition coefficient (Wildman–Crippen LogP) is -11.2. The van der Waals surface area contributed by atoms with Gasteiger partial charge in [0.25, 0.3) is 0 Å². The molecule has 1 aromatic rings. The third-order valence-corrected chi connectivity index (χ3v) is 11.1. The van der Waals surface area contributed by atoms with E-state index in [0.717, 1.165) is 36.9 Å². The third-order valence-electron chi connectivity index (χ3n) is 10.8. The normalized spacial score (nSPS) is 24.2. The Morgan fingerprint density at radius 1 is 0.862 bits per heavy atom. The zero-order valence-corrected chi connectivity index (χ0v) is 38.4. The number of likely N-dealkylation sites (tertiary alicyclic amines) is 2. The molecule has 0 bridgehead atoms. The quantitative estimate of drug-likeness (QED) is 0.0309. The van der Waals surface area contributed by atoms with Gasteiger partial charge < -0.3 is 102 Å². The summed E-state index contributed by atoms with van der Waals surface area (Å²) in [6, 6.07) is -5.88. The van der Waals surface area contributed by atoms with E-state index in [1.54, 1.807) is 0 Å². The fourth-order valence-corrected chi connectivity index (χ4v) is 7.40. The number of carbonyl (C=O) groups excluding carboxylic acids is 7. The van der Waals surface area contributed by atoms with E-state index in [4.69, 9.17) is 17.2 Å². The van der Waals surface area contributed by atoms with Crippen molar-refractivity contribution < 1.29 is 122 Å². The first kappa shape index (κ1) is 56.8. The molecule has 0 saturated carbocycles. The first-order chi connectivity index (χ1) is 29.7. The Kier molecular flexibility index (Phi) is 21.4. The maximum Gasteiger partial charge on any atom is 1.00 e. The number of rotatable bonds is 21. The molecule has 2 saturated heterocycles. The molecule has 27 nitrogen and oxygen atoms in total. The zero-order valence-electron chi connectivity index (χ0n) is 35.6. The number of phenolic OH excluding ortho intramolecular Hbond substituents is 1. The maximum absolute atomic E-state index is 14.0. The monoisotopic (exact) mass is 958 g/mol. The number of carbonyl (C=O) groups is 7. The fourth-order valence-electron chi connectivity index (χ4n) is 7.12. The summed E-state index contributed by atoms with van der Waals surface area (Å²) in [7, 11) is -3.15. The van der Waals surface area contributed by atoms with Gasteiger partial charge in [-0.1, -0.05) is 19.9 Å². The number of β-amino-alcohol motifs (C(OH)–C–C–N with tert-alkyl or cyclic N) is 1. The number of hydrogen-bond donors (Lipinski definition) is 15. The van der Waals surface area contributed by atoms with Crippen LogP contribution < -0.4 is 66.9 Å². The van der Waals surface area contributed by atoms with Crippen molar-refractivity contribution in [3.05, 3.63) is 23.8 Å². The summed E-state index contributed by atoms with van der Waals surface area (Å²) in [5.74, 6) is -11.9. The van der Waals surface area contributed by atoms with Crippen molar-refractivity contribution in [3.8, 4) is 11.5 Å². The number of primary amides is 2. The molecule has 18 N–H and O–H groups in total. The Morgan fingerprint density at radius 2 is 1.45 bits per heavy atom. The van der Waals surface area contributed by atoms with Gasteiger partial charge in [-0.05, 0) is 24.6 Å². The number of benzene rings is 1. The van der Waals surface area contributed by atoms with Gasteiger partial charge in [-0.2, -0.15) is 0 Å². The van der Waals surface area contributed by atoms with Gasteiger partial charge in [0, 0.05) is 31.8 Å². The van der Waals surface area contributed by atoms with Gasteiger partial charge >= 0.3 is 29.6 Å². The van der Waals surface area contributed by atoms with Crippen LogP contribution in [-0.4, -0.2) is 183 Å². The molecule has 29 heteroatoms. The van der Waals surface area contributed by atoms with Crippen LogP contribution in [0.15, 0.2) is 18.2 Å². The van der Waals surface area contributed by atoms with E-state index >= 15 is 0 Å². The second-order valence-corrected chi connectivity index (χ2v) is 16.3. The van der Waals surface area contributed by atoms with Crippen LogP contribution in [0.5, 0.6) is 11.5 Å². The summed E-state index contributed by atoms with van der Waals surface area (Å²) >= 11 is 0. The van der Waals surface area contributed by atoms with Crippen molar-refractivity contribution in [1.82, 2.24) is 25.8 Å². The first-order valence-corrected chi connectivity index (χ1v) is 20.6. The summed E-state index contributed by atoms with van der Waals surface area (Å²) in [5, 5.41) is 101. The molecule has 65 heavy (non-hydrogen) atoms. The van der Waals surface area contributed by atoms with Gasteiger partial charge in [-0.15, -0.1) is 0 Å². The second kappa shape index (κ2) is 24.5. The molecule has 2 aliphatic heterocycles. The number of nitrogens with two attached hydrogens (primary N) is 3. The van der Waals surface area contributed by atoms with E-state index in [2.05, 4.69) is 14.8 Å². The molecule has 360 valence electrons. The number of amides is 7. The molecule has 0 spiro atoms. The van der Waals surface area contributed by atoms with Gasteiger partial charge in [0.1, 0.15) is 53.1 Å². The van der Waals surface area contributed by atoms with Crippen molar-refractivity contribution in [2.75, 3.05) is 13.1 Å². The predicted molar refractivity (Wildman–Crippen MR) is 212 cm³/mol. The molecular formula is C36H55N8NaO19S. The molecule has 2 heterocycles. The molecule has 1 aromatic carbocycles. The number of hydrogen-bond acceptors (Lipinski definition) is 21. The van der Waals surface area contributed by atoms with Gasteiger partial charge in [-0.3, -0.25) is 33.6 Å². The van der Waals surface area contributed by atoms with E-state index in [1.807, 2.05) is 5.32 Å². The molecule has 3 rings (SSSR count). The number of aliphatic hydroxyl groups is 8. The summed E-state index contributed by atoms with van der Waals surface area (Å²) in [5.41, 5.74) is 16.2. The first-order valence-electron chi connectivity index (χ1n) is 19.6. The largest absolute Gasteiger partial charge is 1.00 e. The SMILES string of the molecule is CC(O)C(NC(=O)C(N)CC(O)C(O)NC(=O)C1C(O)C(C)CN1C(=O)C(NC(=O)C(C)C(O)C(O)c1ccc(O)c(O[S-](=O)=O)c1)C(O)CC(N)=O)C(=O)N1CC(O)CC1C(N)=O.[Na+]. The van der Waals surface area contributed by atoms with Crippen LogP contribution in [-0.2, 0) is 53.0 Å². The van der Waals surface area contributed by atoms with Crippen LogP contribution in [0.2, 0.25) is 0 Å². The zero-order chi connectivity index (χ0) is 48.7. The third kappa shape index (κ3) is 14.6. The van der Waals surface area contributed by atoms with Crippen LogP contribution in [0.1, 0.15) is 51.7 Å². The summed E-state index contributed by atoms with van der Waals surface area (Å²) < 4.78 is 26.3. The van der Waals surface area contributed by atoms with Crippen molar-refractivity contribution in [3.63, 3.8) is 0 Å². The number of phenols is 1. The van der Waals surface area contributed by atoms with Crippen LogP contribution in [0.4, 0.5) is 0 Å². The van der Waals surface area contributed by atoms with Crippen molar-refractivity contribution in [2.24, 2.45) is 29.0 Å². The summed E-state index contributed by atoms with van der Waals surface area (Å²) in [4.78, 5) is 92.4. The fraction of sp³-hybridized carbons (Fsp3) is 0.639. The minimum absolute atomic E-state index is 0. The average Bonchev–Trinajstić information content (AvgIpc) is 3.75. The topological polar surface area (TPSA) is 466 Å². The minimum atomic E-state index is -3.15. The number of aromatic hydroxyl groups is 1. The molecule has 15 unspecified atom stereocenters. The Labute approximate surface area is 394 Å². The minimum Gasteiger partial charge on any atom is -0.530 e. The van der Waals surface area contributed by atoms with Gasteiger partial charge in [0.15, 0.2) is 12.0 Å². The van der Waals surface area contributed by atoms with E-state index < -0.39 is 174 Å². The molecule has 15 atom stereocenters. The van der Waals surface area contributed by atoms with Crippen molar-refractivity contribution >= 4 is 52.3 Å². The summed E-state index contributed by atoms with van der Waals surface area (Å²) in [6.07, 6.45) is -16.7. The van der Waals surface area contributed by atoms with Gasteiger partial charge in [0.05, 0.1) is 48.9 Å². The van der Waals surface area contributed by atoms with E-state index in [9.17, 15) is 87.9 Å². The summed E-state index contributed by atoms with van der Waals surface area (Å²) in [6.45, 7) is 2.83. The van der Waals surface area contributed by atoms with Crippen LogP contribution >= 0.6 is 0 Å². The number of nitrogens with zero attached hydrogens (tertiary/aromatic N) is 2. The van der Waals surface area contributed by atoms with Crippen molar-refractivity contribution in [1.29, 1.82) is 0 Å². The second-order valence-electron chi connectivity index (χ2n) is 15.8. The Balaban J connectivity index is 0.0000145. The maximum atomic E-state index is 14.0. The van der Waals surface area contributed by atoms with E-state index in [1.165, 1.54) is 6.92 Å². The van der Waals surface area contributed by atoms with E-state index in [0.29, 0.717) is 4.90 Å².